The molecule has 1 atom stereocenters. The van der Waals surface area contributed by atoms with Crippen LogP contribution in [0.1, 0.15) is 124 Å². The normalized spacial score (nSPS) is 12.3. The lowest BCUT2D eigenvalue weighted by Gasteiger charge is -2.15. The third kappa shape index (κ3) is 16.6. The molecule has 0 aromatic carbocycles. The van der Waals surface area contributed by atoms with Gasteiger partial charge in [0.15, 0.2) is 0 Å². The van der Waals surface area contributed by atoms with Crippen LogP contribution in [-0.4, -0.2) is 18.2 Å². The Morgan fingerprint density at radius 2 is 1.12 bits per heavy atom. The maximum atomic E-state index is 11.8. The number of amides is 1. The predicted molar refractivity (Wildman–Crippen MR) is 112 cm³/mol. The fourth-order valence-corrected chi connectivity index (χ4v) is 3.23. The molecule has 0 bridgehead atoms. The molecule has 0 spiro atoms. The van der Waals surface area contributed by atoms with Gasteiger partial charge < -0.3 is 5.32 Å². The van der Waals surface area contributed by atoms with Crippen molar-refractivity contribution in [3.8, 4) is 0 Å². The summed E-state index contributed by atoms with van der Waals surface area (Å²) < 4.78 is 0. The largest absolute Gasteiger partial charge is 0.346 e. The molecule has 0 aliphatic carbocycles. The maximum absolute atomic E-state index is 11.8. The Bertz CT molecular complexity index is 328. The van der Waals surface area contributed by atoms with Gasteiger partial charge in [0, 0.05) is 6.42 Å². The summed E-state index contributed by atoms with van der Waals surface area (Å²) in [7, 11) is 0. The van der Waals surface area contributed by atoms with E-state index in [9.17, 15) is 9.59 Å². The average Bonchev–Trinajstić information content (AvgIpc) is 2.62. The number of rotatable bonds is 19. The molecular weight excluding hydrogens is 322 g/mol. The maximum Gasteiger partial charge on any atom is 0.223 e. The molecule has 0 saturated carbocycles. The van der Waals surface area contributed by atoms with Gasteiger partial charge in [-0.3, -0.25) is 9.59 Å². The van der Waals surface area contributed by atoms with Gasteiger partial charge in [-0.25, -0.2) is 0 Å². The van der Waals surface area contributed by atoms with E-state index >= 15 is 0 Å². The highest BCUT2D eigenvalue weighted by atomic mass is 16.2. The van der Waals surface area contributed by atoms with Crippen LogP contribution >= 0.6 is 0 Å². The average molecular weight is 367 g/mol. The summed E-state index contributed by atoms with van der Waals surface area (Å²) in [6.07, 6.45) is 22.3. The minimum atomic E-state index is -0.459. The smallest absolute Gasteiger partial charge is 0.223 e. The highest BCUT2D eigenvalue weighted by molar-refractivity contribution is 5.79. The van der Waals surface area contributed by atoms with Crippen molar-refractivity contribution < 1.29 is 9.59 Å². The fourth-order valence-electron chi connectivity index (χ4n) is 3.23. The van der Waals surface area contributed by atoms with Crippen LogP contribution in [-0.2, 0) is 9.59 Å². The van der Waals surface area contributed by atoms with E-state index < -0.39 is 6.04 Å². The standard InChI is InChI=1S/C23H44NO2/c1-4-5-6-7-8-9-10-11-12-13-14-15-16-17-18-19-23(26)24-22(20-25)21(2)3/h21-22H,4-19H2,1-3H3,(H,24,26)/t22-/m1/s1. The lowest BCUT2D eigenvalue weighted by Crippen LogP contribution is -2.39. The molecule has 0 saturated heterocycles. The van der Waals surface area contributed by atoms with Gasteiger partial charge in [0.1, 0.15) is 0 Å². The minimum Gasteiger partial charge on any atom is -0.346 e. The molecule has 0 fully saturated rings. The first kappa shape index (κ1) is 25.1. The van der Waals surface area contributed by atoms with Crippen molar-refractivity contribution >= 4 is 12.2 Å². The van der Waals surface area contributed by atoms with Crippen molar-refractivity contribution in [2.75, 3.05) is 0 Å². The third-order valence-electron chi connectivity index (χ3n) is 5.12. The Balaban J connectivity index is 3.26. The van der Waals surface area contributed by atoms with Crippen LogP contribution in [0.4, 0.5) is 0 Å². The Labute approximate surface area is 163 Å². The number of nitrogens with one attached hydrogen (secondary N) is 1. The second kappa shape index (κ2) is 18.9. The molecule has 1 N–H and O–H groups in total. The lowest BCUT2D eigenvalue weighted by molar-refractivity contribution is -0.121. The number of unbranched alkanes of at least 4 members (excludes halogenated alkanes) is 14. The molecule has 0 aromatic heterocycles. The quantitative estimate of drug-likeness (QED) is 0.265. The molecule has 0 heterocycles. The van der Waals surface area contributed by atoms with E-state index in [-0.39, 0.29) is 11.8 Å². The first-order valence-electron chi connectivity index (χ1n) is 11.3. The first-order valence-corrected chi connectivity index (χ1v) is 11.3. The summed E-state index contributed by atoms with van der Waals surface area (Å²) in [5, 5.41) is 2.75. The van der Waals surface area contributed by atoms with Gasteiger partial charge in [-0.15, -0.1) is 0 Å². The van der Waals surface area contributed by atoms with Crippen LogP contribution in [0.5, 0.6) is 0 Å². The van der Waals surface area contributed by atoms with E-state index in [1.807, 2.05) is 20.1 Å². The summed E-state index contributed by atoms with van der Waals surface area (Å²) in [4.78, 5) is 22.5. The van der Waals surface area contributed by atoms with Gasteiger partial charge in [-0.2, -0.15) is 0 Å². The summed E-state index contributed by atoms with van der Waals surface area (Å²) >= 11 is 0. The van der Waals surface area contributed by atoms with E-state index in [1.165, 1.54) is 83.5 Å². The summed E-state index contributed by atoms with van der Waals surface area (Å²) in [5.41, 5.74) is 0. The fraction of sp³-hybridized carbons (Fsp3) is 0.913. The van der Waals surface area contributed by atoms with Crippen molar-refractivity contribution in [1.29, 1.82) is 0 Å². The van der Waals surface area contributed by atoms with Crippen LogP contribution in [0.25, 0.3) is 0 Å². The molecule has 153 valence electrons. The van der Waals surface area contributed by atoms with Crippen LogP contribution < -0.4 is 5.32 Å². The van der Waals surface area contributed by atoms with Crippen molar-refractivity contribution in [3.05, 3.63) is 0 Å². The molecule has 3 nitrogen and oxygen atoms in total. The van der Waals surface area contributed by atoms with Gasteiger partial charge in [-0.1, -0.05) is 111 Å². The molecule has 0 aliphatic heterocycles. The highest BCUT2D eigenvalue weighted by Crippen LogP contribution is 2.13. The topological polar surface area (TPSA) is 46.2 Å². The van der Waals surface area contributed by atoms with Crippen molar-refractivity contribution in [2.24, 2.45) is 5.92 Å². The Morgan fingerprint density at radius 3 is 1.46 bits per heavy atom. The van der Waals surface area contributed by atoms with Crippen molar-refractivity contribution in [3.63, 3.8) is 0 Å². The zero-order valence-corrected chi connectivity index (χ0v) is 17.8. The number of carbonyl (C=O) groups is 1. The molecule has 1 radical (unpaired) electrons. The van der Waals surface area contributed by atoms with E-state index in [4.69, 9.17) is 0 Å². The van der Waals surface area contributed by atoms with Gasteiger partial charge >= 0.3 is 0 Å². The van der Waals surface area contributed by atoms with Gasteiger partial charge in [0.05, 0.1) is 6.04 Å². The molecular formula is C23H44NO2. The van der Waals surface area contributed by atoms with Crippen molar-refractivity contribution in [1.82, 2.24) is 5.32 Å². The molecule has 1 amide bonds. The van der Waals surface area contributed by atoms with Crippen molar-refractivity contribution in [2.45, 2.75) is 130 Å². The zero-order chi connectivity index (χ0) is 19.5. The van der Waals surface area contributed by atoms with E-state index in [2.05, 4.69) is 12.2 Å². The zero-order valence-electron chi connectivity index (χ0n) is 17.8. The molecule has 0 rings (SSSR count). The van der Waals surface area contributed by atoms with Gasteiger partial charge in [-0.05, 0) is 12.3 Å². The van der Waals surface area contributed by atoms with Crippen LogP contribution in [0.2, 0.25) is 0 Å². The Hall–Kier alpha value is -0.860. The first-order chi connectivity index (χ1) is 12.6. The van der Waals surface area contributed by atoms with E-state index in [0.717, 1.165) is 12.8 Å². The minimum absolute atomic E-state index is 0.0123. The lowest BCUT2D eigenvalue weighted by atomic mass is 10.0. The van der Waals surface area contributed by atoms with E-state index in [1.54, 1.807) is 0 Å². The SMILES string of the molecule is CCCCCCCCCCCCCCCCCC(=O)N[C@H]([C]=O)C(C)C. The molecule has 0 aromatic rings. The molecule has 3 heteroatoms. The monoisotopic (exact) mass is 366 g/mol. The Kier molecular flexibility index (Phi) is 18.3. The molecule has 0 unspecified atom stereocenters. The van der Waals surface area contributed by atoms with Gasteiger partial charge in [0.2, 0.25) is 12.2 Å². The second-order valence-electron chi connectivity index (χ2n) is 8.11. The Morgan fingerprint density at radius 1 is 0.731 bits per heavy atom. The third-order valence-corrected chi connectivity index (χ3v) is 5.12. The molecule has 26 heavy (non-hydrogen) atoms. The van der Waals surface area contributed by atoms with E-state index in [0.29, 0.717) is 6.42 Å². The predicted octanol–water partition coefficient (Wildman–Crippen LogP) is 6.50. The van der Waals surface area contributed by atoms with Crippen LogP contribution in [0.3, 0.4) is 0 Å². The number of hydrogen-bond acceptors (Lipinski definition) is 2. The highest BCUT2D eigenvalue weighted by Gasteiger charge is 2.15. The van der Waals surface area contributed by atoms with Gasteiger partial charge in [0.25, 0.3) is 0 Å². The summed E-state index contributed by atoms with van der Waals surface area (Å²) in [6, 6.07) is -0.459. The molecule has 0 aliphatic rings. The number of hydrogen-bond donors (Lipinski definition) is 1. The summed E-state index contributed by atoms with van der Waals surface area (Å²) in [5.74, 6) is 0.0965. The van der Waals surface area contributed by atoms with Crippen LogP contribution in [0, 0.1) is 5.92 Å². The summed E-state index contributed by atoms with van der Waals surface area (Å²) in [6.45, 7) is 6.11. The number of carbonyl (C=O) groups excluding carboxylic acids is 2. The second-order valence-corrected chi connectivity index (χ2v) is 8.11. The van der Waals surface area contributed by atoms with Crippen LogP contribution in [0.15, 0.2) is 0 Å².